The Kier molecular flexibility index (Phi) is 5.20. The second-order valence-electron chi connectivity index (χ2n) is 7.22. The number of carbonyl (C=O) groups excluding carboxylic acids is 1. The molecule has 4 rings (SSSR count). The van der Waals surface area contributed by atoms with Crippen molar-refractivity contribution in [3.63, 3.8) is 0 Å². The molecule has 2 heterocycles. The second kappa shape index (κ2) is 7.53. The summed E-state index contributed by atoms with van der Waals surface area (Å²) in [5.41, 5.74) is 1.89. The summed E-state index contributed by atoms with van der Waals surface area (Å²) < 4.78 is 51.9. The Morgan fingerprint density at radius 1 is 1.17 bits per heavy atom. The van der Waals surface area contributed by atoms with E-state index >= 15 is 0 Å². The van der Waals surface area contributed by atoms with E-state index in [-0.39, 0.29) is 34.0 Å². The standard InChI is InChI=1S/C20H18F2N2O3S2/c1-12-2-4-13(5-3-12)8-19(25)23-20-24(16-7-6-14(21)9-15(16)22)17-10-29(26,27)11-18(17)28-20/h2-7,9,17-18H,8,10-11H2,1H3/t17-,18+/m0/s1. The van der Waals surface area contributed by atoms with Crippen molar-refractivity contribution in [3.05, 3.63) is 65.2 Å². The van der Waals surface area contributed by atoms with Crippen LogP contribution in [0.15, 0.2) is 47.5 Å². The lowest BCUT2D eigenvalue weighted by atomic mass is 10.1. The van der Waals surface area contributed by atoms with Gasteiger partial charge in [-0.1, -0.05) is 41.6 Å². The molecular formula is C20H18F2N2O3S2. The van der Waals surface area contributed by atoms with Crippen LogP contribution < -0.4 is 4.90 Å². The molecule has 0 spiro atoms. The number of thioether (sulfide) groups is 1. The van der Waals surface area contributed by atoms with Crippen molar-refractivity contribution in [1.29, 1.82) is 0 Å². The molecule has 0 N–H and O–H groups in total. The number of anilines is 1. The zero-order valence-electron chi connectivity index (χ0n) is 15.5. The van der Waals surface area contributed by atoms with Gasteiger partial charge in [-0.2, -0.15) is 4.99 Å². The molecule has 0 aliphatic carbocycles. The van der Waals surface area contributed by atoms with Gasteiger partial charge in [0.1, 0.15) is 11.6 Å². The number of nitrogens with zero attached hydrogens (tertiary/aromatic N) is 2. The minimum atomic E-state index is -3.27. The maximum absolute atomic E-state index is 14.5. The lowest BCUT2D eigenvalue weighted by Gasteiger charge is -2.24. The first-order valence-electron chi connectivity index (χ1n) is 9.00. The third kappa shape index (κ3) is 4.20. The number of hydrogen-bond acceptors (Lipinski definition) is 4. The van der Waals surface area contributed by atoms with E-state index in [0.717, 1.165) is 35.0 Å². The summed E-state index contributed by atoms with van der Waals surface area (Å²) in [4.78, 5) is 18.1. The summed E-state index contributed by atoms with van der Waals surface area (Å²) in [5.74, 6) is -2.19. The largest absolute Gasteiger partial charge is 0.313 e. The minimum Gasteiger partial charge on any atom is -0.313 e. The summed E-state index contributed by atoms with van der Waals surface area (Å²) >= 11 is 1.16. The maximum Gasteiger partial charge on any atom is 0.252 e. The fourth-order valence-corrected chi connectivity index (χ4v) is 7.47. The lowest BCUT2D eigenvalue weighted by Crippen LogP contribution is -2.38. The van der Waals surface area contributed by atoms with E-state index in [1.54, 1.807) is 0 Å². The monoisotopic (exact) mass is 436 g/mol. The first-order valence-corrected chi connectivity index (χ1v) is 11.7. The third-order valence-electron chi connectivity index (χ3n) is 4.93. The van der Waals surface area contributed by atoms with Crippen LogP contribution in [0.5, 0.6) is 0 Å². The van der Waals surface area contributed by atoms with Crippen molar-refractivity contribution in [1.82, 2.24) is 0 Å². The number of benzene rings is 2. The zero-order valence-corrected chi connectivity index (χ0v) is 17.1. The number of rotatable bonds is 3. The van der Waals surface area contributed by atoms with Crippen LogP contribution in [0.3, 0.4) is 0 Å². The molecule has 9 heteroatoms. The predicted octanol–water partition coefficient (Wildman–Crippen LogP) is 3.12. The smallest absolute Gasteiger partial charge is 0.252 e. The van der Waals surface area contributed by atoms with Gasteiger partial charge in [0, 0.05) is 11.3 Å². The maximum atomic E-state index is 14.5. The van der Waals surface area contributed by atoms with Gasteiger partial charge in [0.05, 0.1) is 29.7 Å². The van der Waals surface area contributed by atoms with Crippen molar-refractivity contribution >= 4 is 38.4 Å². The van der Waals surface area contributed by atoms with Gasteiger partial charge in [-0.25, -0.2) is 17.2 Å². The molecule has 2 aliphatic rings. The summed E-state index contributed by atoms with van der Waals surface area (Å²) in [6, 6.07) is 10.0. The van der Waals surface area contributed by atoms with Crippen LogP contribution in [-0.4, -0.2) is 42.3 Å². The summed E-state index contributed by atoms with van der Waals surface area (Å²) in [7, 11) is -3.27. The minimum absolute atomic E-state index is 0.0189. The molecule has 2 aromatic carbocycles. The molecule has 2 saturated heterocycles. The van der Waals surface area contributed by atoms with E-state index in [4.69, 9.17) is 0 Å². The van der Waals surface area contributed by atoms with Crippen LogP contribution in [0.1, 0.15) is 11.1 Å². The van der Waals surface area contributed by atoms with Gasteiger partial charge in [-0.3, -0.25) is 4.79 Å². The van der Waals surface area contributed by atoms with Crippen LogP contribution in [0.4, 0.5) is 14.5 Å². The Balaban J connectivity index is 1.66. The van der Waals surface area contributed by atoms with Gasteiger partial charge in [0.2, 0.25) is 0 Å². The summed E-state index contributed by atoms with van der Waals surface area (Å²) in [6.45, 7) is 1.95. The van der Waals surface area contributed by atoms with Crippen molar-refractivity contribution < 1.29 is 22.0 Å². The Morgan fingerprint density at radius 2 is 1.90 bits per heavy atom. The summed E-state index contributed by atoms with van der Waals surface area (Å²) in [6.07, 6.45) is 0.0811. The number of amidine groups is 1. The van der Waals surface area contributed by atoms with Gasteiger partial charge >= 0.3 is 0 Å². The van der Waals surface area contributed by atoms with Gasteiger partial charge in [0.25, 0.3) is 5.91 Å². The number of halogens is 2. The normalized spacial score (nSPS) is 24.1. The van der Waals surface area contributed by atoms with Gasteiger partial charge in [0.15, 0.2) is 15.0 Å². The van der Waals surface area contributed by atoms with Crippen LogP contribution in [0.2, 0.25) is 0 Å². The molecule has 0 bridgehead atoms. The number of sulfone groups is 1. The number of fused-ring (bicyclic) bond motifs is 1. The number of aliphatic imine (C=N–C) groups is 1. The van der Waals surface area contributed by atoms with E-state index in [1.165, 1.54) is 11.0 Å². The SMILES string of the molecule is Cc1ccc(CC(=O)N=C2S[C@@H]3CS(=O)(=O)C[C@@H]3N2c2ccc(F)cc2F)cc1. The molecule has 0 radical (unpaired) electrons. The molecule has 29 heavy (non-hydrogen) atoms. The molecular weight excluding hydrogens is 418 g/mol. The van der Waals surface area contributed by atoms with Gasteiger partial charge in [-0.05, 0) is 24.6 Å². The molecule has 2 aromatic rings. The van der Waals surface area contributed by atoms with E-state index in [9.17, 15) is 22.0 Å². The van der Waals surface area contributed by atoms with Gasteiger partial charge < -0.3 is 4.90 Å². The van der Waals surface area contributed by atoms with E-state index < -0.39 is 33.4 Å². The first kappa shape index (κ1) is 20.0. The number of carbonyl (C=O) groups is 1. The highest BCUT2D eigenvalue weighted by Gasteiger charge is 2.50. The fraction of sp³-hybridized carbons (Fsp3) is 0.300. The highest BCUT2D eigenvalue weighted by molar-refractivity contribution is 8.16. The first-order chi connectivity index (χ1) is 13.7. The quantitative estimate of drug-likeness (QED) is 0.740. The zero-order chi connectivity index (χ0) is 20.8. The number of amides is 1. The van der Waals surface area contributed by atoms with E-state index in [0.29, 0.717) is 0 Å². The molecule has 2 aliphatic heterocycles. The van der Waals surface area contributed by atoms with Crippen LogP contribution >= 0.6 is 11.8 Å². The Bertz CT molecular complexity index is 1100. The van der Waals surface area contributed by atoms with Crippen LogP contribution in [-0.2, 0) is 21.1 Å². The Labute approximate surface area is 171 Å². The highest BCUT2D eigenvalue weighted by atomic mass is 32.2. The molecule has 0 saturated carbocycles. The molecule has 5 nitrogen and oxygen atoms in total. The van der Waals surface area contributed by atoms with Crippen LogP contribution in [0.25, 0.3) is 0 Å². The van der Waals surface area contributed by atoms with Crippen molar-refractivity contribution in [2.45, 2.75) is 24.6 Å². The number of aryl methyl sites for hydroxylation is 1. The van der Waals surface area contributed by atoms with E-state index in [1.807, 2.05) is 31.2 Å². The molecule has 152 valence electrons. The second-order valence-corrected chi connectivity index (χ2v) is 10.6. The highest BCUT2D eigenvalue weighted by Crippen LogP contribution is 2.41. The Morgan fingerprint density at radius 3 is 2.59 bits per heavy atom. The topological polar surface area (TPSA) is 66.8 Å². The fourth-order valence-electron chi connectivity index (χ4n) is 3.55. The summed E-state index contributed by atoms with van der Waals surface area (Å²) in [5, 5.41) is -0.104. The number of hydrogen-bond donors (Lipinski definition) is 0. The van der Waals surface area contributed by atoms with Gasteiger partial charge in [-0.15, -0.1) is 0 Å². The van der Waals surface area contributed by atoms with E-state index in [2.05, 4.69) is 4.99 Å². The molecule has 0 unspecified atom stereocenters. The third-order valence-corrected chi connectivity index (χ3v) is 8.14. The van der Waals surface area contributed by atoms with Crippen LogP contribution in [0, 0.1) is 18.6 Å². The molecule has 2 atom stereocenters. The lowest BCUT2D eigenvalue weighted by molar-refractivity contribution is -0.117. The Hall–Kier alpha value is -2.26. The van der Waals surface area contributed by atoms with Crippen molar-refractivity contribution in [3.8, 4) is 0 Å². The average molecular weight is 437 g/mol. The van der Waals surface area contributed by atoms with Crippen molar-refractivity contribution in [2.75, 3.05) is 16.4 Å². The van der Waals surface area contributed by atoms with Crippen molar-refractivity contribution in [2.24, 2.45) is 4.99 Å². The molecule has 1 amide bonds. The average Bonchev–Trinajstić information content (AvgIpc) is 3.08. The molecule has 0 aromatic heterocycles. The predicted molar refractivity (Wildman–Crippen MR) is 110 cm³/mol. The molecule has 2 fully saturated rings.